The van der Waals surface area contributed by atoms with Crippen LogP contribution in [-0.2, 0) is 19.0 Å². The van der Waals surface area contributed by atoms with Gasteiger partial charge < -0.3 is 14.4 Å². The van der Waals surface area contributed by atoms with Crippen molar-refractivity contribution in [1.82, 2.24) is 14.5 Å². The molecule has 1 aliphatic rings. The van der Waals surface area contributed by atoms with Crippen molar-refractivity contribution < 1.29 is 31.4 Å². The Labute approximate surface area is 261 Å². The summed E-state index contributed by atoms with van der Waals surface area (Å²) in [6.45, 7) is 2.60. The normalized spacial score (nSPS) is 14.6. The van der Waals surface area contributed by atoms with Gasteiger partial charge in [-0.3, -0.25) is 9.36 Å². The zero-order valence-electron chi connectivity index (χ0n) is 25.2. The summed E-state index contributed by atoms with van der Waals surface area (Å²) >= 11 is 1.33. The second-order valence-electron chi connectivity index (χ2n) is 10.9. The topological polar surface area (TPSA) is 56.6 Å². The first-order chi connectivity index (χ1) is 21.4. The predicted molar refractivity (Wildman–Crippen MR) is 163 cm³/mol. The summed E-state index contributed by atoms with van der Waals surface area (Å²) in [4.78, 5) is 20.7. The predicted octanol–water partition coefficient (Wildman–Crippen LogP) is 6.95. The molecule has 0 bridgehead atoms. The maximum Gasteiger partial charge on any atom is 0.416 e. The van der Waals surface area contributed by atoms with Crippen molar-refractivity contribution in [3.05, 3.63) is 105 Å². The number of benzene rings is 2. The van der Waals surface area contributed by atoms with E-state index in [4.69, 9.17) is 9.47 Å². The van der Waals surface area contributed by atoms with E-state index in [0.717, 1.165) is 23.9 Å². The van der Waals surface area contributed by atoms with Gasteiger partial charge in [0, 0.05) is 54.6 Å². The van der Waals surface area contributed by atoms with E-state index in [-0.39, 0.29) is 22.9 Å². The molecule has 1 atom stereocenters. The molecular formula is C33H32F5N3O3S. The number of alkyl halides is 3. The second kappa shape index (κ2) is 13.2. The van der Waals surface area contributed by atoms with Gasteiger partial charge in [-0.1, -0.05) is 24.3 Å². The Bertz CT molecular complexity index is 1780. The Morgan fingerprint density at radius 2 is 1.76 bits per heavy atom. The lowest BCUT2D eigenvalue weighted by Gasteiger charge is -2.25. The van der Waals surface area contributed by atoms with Crippen molar-refractivity contribution >= 4 is 11.8 Å². The van der Waals surface area contributed by atoms with Crippen molar-refractivity contribution in [3.8, 4) is 22.8 Å². The monoisotopic (exact) mass is 645 g/mol. The molecule has 238 valence electrons. The number of nitrogens with zero attached hydrogens (tertiary/aromatic N) is 3. The first kappa shape index (κ1) is 32.5. The number of methoxy groups -OCH3 is 2. The molecule has 5 rings (SSSR count). The Morgan fingerprint density at radius 1 is 1.02 bits per heavy atom. The summed E-state index contributed by atoms with van der Waals surface area (Å²) in [5.41, 5.74) is -0.653. The van der Waals surface area contributed by atoms with Crippen molar-refractivity contribution in [3.63, 3.8) is 0 Å². The summed E-state index contributed by atoms with van der Waals surface area (Å²) in [5.74, 6) is -0.890. The van der Waals surface area contributed by atoms with Gasteiger partial charge in [0.15, 0.2) is 11.6 Å². The number of hydrogen-bond acceptors (Lipinski definition) is 6. The van der Waals surface area contributed by atoms with Gasteiger partial charge in [0.25, 0.3) is 5.56 Å². The molecule has 0 radical (unpaired) electrons. The molecular weight excluding hydrogens is 613 g/mol. The number of hydrogen-bond donors (Lipinski definition) is 0. The molecule has 1 aliphatic heterocycles. The Kier molecular flexibility index (Phi) is 9.54. The van der Waals surface area contributed by atoms with Crippen LogP contribution in [0.1, 0.15) is 34.0 Å². The highest BCUT2D eigenvalue weighted by Crippen LogP contribution is 2.42. The number of rotatable bonds is 10. The van der Waals surface area contributed by atoms with Crippen LogP contribution in [0.2, 0.25) is 0 Å². The quantitative estimate of drug-likeness (QED) is 0.174. The standard InChI is InChI=1S/C33H32F5N3O3S/c1-19-23(16-24-25(33(36,37)38)10-7-11-26(24)34)32-41(31(42)29(19)22-9-6-12-27(43-3)30(22)35)21(18-45-32)17-40(2)15-14-20-8-5-13-28(39-20)44-4/h5-13,21H,14-18H2,1-4H3. The molecule has 0 spiro atoms. The fraction of sp³-hybridized carbons (Fsp3) is 0.333. The van der Waals surface area contributed by atoms with E-state index >= 15 is 8.78 Å². The molecule has 1 unspecified atom stereocenters. The van der Waals surface area contributed by atoms with Crippen LogP contribution in [0.4, 0.5) is 22.0 Å². The van der Waals surface area contributed by atoms with Gasteiger partial charge in [0.1, 0.15) is 5.82 Å². The Morgan fingerprint density at radius 3 is 2.47 bits per heavy atom. The van der Waals surface area contributed by atoms with E-state index < -0.39 is 40.9 Å². The number of pyridine rings is 2. The van der Waals surface area contributed by atoms with E-state index in [1.165, 1.54) is 35.6 Å². The van der Waals surface area contributed by atoms with Gasteiger partial charge in [-0.2, -0.15) is 13.2 Å². The van der Waals surface area contributed by atoms with Crippen LogP contribution in [-0.4, -0.2) is 54.6 Å². The Hall–Kier alpha value is -3.90. The number of likely N-dealkylation sites (N-methyl/N-ethyl adjacent to an activating group) is 1. The number of thioether (sulfide) groups is 1. The first-order valence-corrected chi connectivity index (χ1v) is 15.2. The molecule has 0 fully saturated rings. The molecule has 4 aromatic rings. The summed E-state index contributed by atoms with van der Waals surface area (Å²) < 4.78 is 84.5. The molecule has 0 saturated heterocycles. The van der Waals surface area contributed by atoms with Crippen LogP contribution in [0, 0.1) is 18.6 Å². The van der Waals surface area contributed by atoms with Gasteiger partial charge in [-0.05, 0) is 49.4 Å². The largest absolute Gasteiger partial charge is 0.494 e. The molecule has 2 aromatic carbocycles. The highest BCUT2D eigenvalue weighted by molar-refractivity contribution is 7.99. The van der Waals surface area contributed by atoms with Gasteiger partial charge in [0.2, 0.25) is 5.88 Å². The van der Waals surface area contributed by atoms with Crippen molar-refractivity contribution in [2.75, 3.05) is 40.1 Å². The molecule has 0 saturated carbocycles. The van der Waals surface area contributed by atoms with Gasteiger partial charge in [-0.25, -0.2) is 13.8 Å². The van der Waals surface area contributed by atoms with E-state index in [2.05, 4.69) is 4.98 Å². The lowest BCUT2D eigenvalue weighted by atomic mass is 9.92. The summed E-state index contributed by atoms with van der Waals surface area (Å²) in [6.07, 6.45) is -4.61. The van der Waals surface area contributed by atoms with Gasteiger partial charge >= 0.3 is 6.18 Å². The minimum absolute atomic E-state index is 0.00535. The number of fused-ring (bicyclic) bond motifs is 1. The fourth-order valence-corrected chi connectivity index (χ4v) is 7.11. The minimum atomic E-state index is -4.79. The zero-order chi connectivity index (χ0) is 32.5. The average Bonchev–Trinajstić information content (AvgIpc) is 3.42. The van der Waals surface area contributed by atoms with E-state index in [9.17, 15) is 18.0 Å². The molecule has 12 heteroatoms. The Balaban J connectivity index is 1.59. The van der Waals surface area contributed by atoms with E-state index in [1.807, 2.05) is 24.1 Å². The van der Waals surface area contributed by atoms with E-state index in [1.54, 1.807) is 26.2 Å². The van der Waals surface area contributed by atoms with E-state index in [0.29, 0.717) is 47.3 Å². The van der Waals surface area contributed by atoms with Crippen molar-refractivity contribution in [1.29, 1.82) is 0 Å². The molecule has 45 heavy (non-hydrogen) atoms. The van der Waals surface area contributed by atoms with Crippen LogP contribution in [0.5, 0.6) is 11.6 Å². The zero-order valence-corrected chi connectivity index (χ0v) is 26.0. The molecule has 0 N–H and O–H groups in total. The number of aromatic nitrogens is 2. The molecule has 0 amide bonds. The van der Waals surface area contributed by atoms with Crippen LogP contribution < -0.4 is 15.0 Å². The highest BCUT2D eigenvalue weighted by Gasteiger charge is 2.37. The lowest BCUT2D eigenvalue weighted by molar-refractivity contribution is -0.138. The molecule has 2 aromatic heterocycles. The van der Waals surface area contributed by atoms with Crippen LogP contribution in [0.15, 0.2) is 64.4 Å². The summed E-state index contributed by atoms with van der Waals surface area (Å²) in [5, 5.41) is 0.453. The van der Waals surface area contributed by atoms with Crippen LogP contribution in [0.25, 0.3) is 11.1 Å². The van der Waals surface area contributed by atoms with Crippen LogP contribution >= 0.6 is 11.8 Å². The van der Waals surface area contributed by atoms with Crippen molar-refractivity contribution in [2.24, 2.45) is 0 Å². The molecule has 0 aliphatic carbocycles. The maximum atomic E-state index is 15.6. The van der Waals surface area contributed by atoms with Gasteiger partial charge in [0.05, 0.1) is 36.4 Å². The SMILES string of the molecule is COc1cccc(CCN(C)CC2CSc3c(Cc4c(F)cccc4C(F)(F)F)c(C)c(-c4cccc(OC)c4F)c(=O)n32)n1. The summed E-state index contributed by atoms with van der Waals surface area (Å²) in [7, 11) is 4.75. The number of ether oxygens (including phenoxy) is 2. The molecule has 3 heterocycles. The van der Waals surface area contributed by atoms with Crippen molar-refractivity contribution in [2.45, 2.75) is 37.0 Å². The number of halogens is 5. The third kappa shape index (κ3) is 6.57. The second-order valence-corrected chi connectivity index (χ2v) is 11.9. The third-order valence-electron chi connectivity index (χ3n) is 8.01. The highest BCUT2D eigenvalue weighted by atomic mass is 32.2. The smallest absolute Gasteiger partial charge is 0.416 e. The lowest BCUT2D eigenvalue weighted by Crippen LogP contribution is -2.35. The summed E-state index contributed by atoms with van der Waals surface area (Å²) in [6, 6.07) is 12.4. The van der Waals surface area contributed by atoms with Crippen LogP contribution in [0.3, 0.4) is 0 Å². The van der Waals surface area contributed by atoms with Gasteiger partial charge in [-0.15, -0.1) is 11.8 Å². The maximum absolute atomic E-state index is 15.6. The third-order valence-corrected chi connectivity index (χ3v) is 9.28. The minimum Gasteiger partial charge on any atom is -0.494 e. The molecule has 6 nitrogen and oxygen atoms in total. The fourth-order valence-electron chi connectivity index (χ4n) is 5.74. The average molecular weight is 646 g/mol. The first-order valence-electron chi connectivity index (χ1n) is 14.2.